The molecule has 1 aliphatic heterocycles. The molecular weight excluding hydrogens is 481 g/mol. The maximum absolute atomic E-state index is 13.4. The van der Waals surface area contributed by atoms with E-state index in [1.54, 1.807) is 12.1 Å². The number of benzene rings is 3. The Kier molecular flexibility index (Phi) is 5.28. The van der Waals surface area contributed by atoms with Crippen LogP contribution in [0.15, 0.2) is 88.6 Å². The van der Waals surface area contributed by atoms with Gasteiger partial charge < -0.3 is 0 Å². The van der Waals surface area contributed by atoms with Crippen LogP contribution in [0.2, 0.25) is 10.0 Å². The first-order chi connectivity index (χ1) is 15.9. The van der Waals surface area contributed by atoms with Gasteiger partial charge in [0.2, 0.25) is 10.7 Å². The Hall–Kier alpha value is -3.46. The van der Waals surface area contributed by atoms with Crippen molar-refractivity contribution in [2.45, 2.75) is 5.54 Å². The Bertz CT molecular complexity index is 1480. The van der Waals surface area contributed by atoms with Gasteiger partial charge in [-0.15, -0.1) is 0 Å². The van der Waals surface area contributed by atoms with Crippen molar-refractivity contribution in [1.29, 1.82) is 0 Å². The van der Waals surface area contributed by atoms with Gasteiger partial charge >= 0.3 is 5.69 Å². The summed E-state index contributed by atoms with van der Waals surface area (Å²) in [5.41, 5.74) is -0.237. The largest absolute Gasteiger partial charge is 0.347 e. The topological polar surface area (TPSA) is 84.2 Å². The zero-order valence-electron chi connectivity index (χ0n) is 16.8. The van der Waals surface area contributed by atoms with E-state index in [0.717, 1.165) is 0 Å². The van der Waals surface area contributed by atoms with Gasteiger partial charge in [0.15, 0.2) is 5.54 Å². The fraction of sp³-hybridized carbons (Fsp3) is 0.0435. The standard InChI is InChI=1S/C23H15Cl2N5O2S/c24-16-11-12-17(25)18(13-16)29-21(32)28-30(22(29)33)20-26-19(31)23(27-20,14-7-3-1-4-8-14)15-9-5-2-6-10-15/h1-13H,(H,28,32)(H,26,27,31). The lowest BCUT2D eigenvalue weighted by Crippen LogP contribution is -2.39. The Labute approximate surface area is 202 Å². The van der Waals surface area contributed by atoms with Crippen molar-refractivity contribution < 1.29 is 4.79 Å². The predicted molar refractivity (Wildman–Crippen MR) is 130 cm³/mol. The van der Waals surface area contributed by atoms with Crippen molar-refractivity contribution in [2.75, 3.05) is 0 Å². The van der Waals surface area contributed by atoms with E-state index < -0.39 is 11.2 Å². The van der Waals surface area contributed by atoms with Crippen LogP contribution in [0.5, 0.6) is 0 Å². The van der Waals surface area contributed by atoms with Gasteiger partial charge in [0.25, 0.3) is 5.91 Å². The summed E-state index contributed by atoms with van der Waals surface area (Å²) in [5.74, 6) is -0.280. The molecule has 1 amide bonds. The van der Waals surface area contributed by atoms with Crippen LogP contribution in [0.4, 0.5) is 0 Å². The number of hydrogen-bond acceptors (Lipinski definition) is 4. The molecule has 0 bridgehead atoms. The first-order valence-corrected chi connectivity index (χ1v) is 11.0. The number of amides is 1. The van der Waals surface area contributed by atoms with Gasteiger partial charge in [-0.1, -0.05) is 83.9 Å². The van der Waals surface area contributed by atoms with Crippen molar-refractivity contribution in [2.24, 2.45) is 4.99 Å². The number of H-pyrrole nitrogens is 1. The monoisotopic (exact) mass is 495 g/mol. The van der Waals surface area contributed by atoms with Crippen LogP contribution in [0, 0.1) is 4.77 Å². The highest BCUT2D eigenvalue weighted by Crippen LogP contribution is 2.37. The van der Waals surface area contributed by atoms with Crippen LogP contribution >= 0.6 is 35.4 Å². The predicted octanol–water partition coefficient (Wildman–Crippen LogP) is 4.28. The molecule has 1 aromatic heterocycles. The fourth-order valence-corrected chi connectivity index (χ4v) is 4.53. The average molecular weight is 496 g/mol. The summed E-state index contributed by atoms with van der Waals surface area (Å²) >= 11 is 17.9. The molecule has 0 radical (unpaired) electrons. The summed E-state index contributed by atoms with van der Waals surface area (Å²) in [7, 11) is 0. The van der Waals surface area contributed by atoms with Crippen LogP contribution in [0.3, 0.4) is 0 Å². The molecule has 0 unspecified atom stereocenters. The fourth-order valence-electron chi connectivity index (χ4n) is 3.85. The molecule has 0 atom stereocenters. The number of carbonyl (C=O) groups is 1. The lowest BCUT2D eigenvalue weighted by atomic mass is 9.83. The minimum absolute atomic E-state index is 0.0418. The number of halogens is 2. The molecule has 0 aliphatic carbocycles. The van der Waals surface area contributed by atoms with Crippen molar-refractivity contribution in [3.63, 3.8) is 0 Å². The number of nitrogens with one attached hydrogen (secondary N) is 2. The highest BCUT2D eigenvalue weighted by molar-refractivity contribution is 7.71. The van der Waals surface area contributed by atoms with Crippen LogP contribution in [-0.2, 0) is 10.3 Å². The quantitative estimate of drug-likeness (QED) is 0.416. The van der Waals surface area contributed by atoms with Crippen molar-refractivity contribution >= 4 is 47.3 Å². The molecule has 7 nitrogen and oxygen atoms in total. The van der Waals surface area contributed by atoms with Gasteiger partial charge in [-0.05, 0) is 41.5 Å². The van der Waals surface area contributed by atoms with E-state index in [9.17, 15) is 9.59 Å². The summed E-state index contributed by atoms with van der Waals surface area (Å²) in [4.78, 5) is 31.0. The minimum atomic E-state index is -1.35. The first kappa shape index (κ1) is 21.4. The summed E-state index contributed by atoms with van der Waals surface area (Å²) < 4.78 is 2.49. The molecule has 0 saturated heterocycles. The van der Waals surface area contributed by atoms with E-state index in [4.69, 9.17) is 40.4 Å². The zero-order chi connectivity index (χ0) is 23.2. The summed E-state index contributed by atoms with van der Waals surface area (Å²) in [6, 6.07) is 23.1. The van der Waals surface area contributed by atoms with Crippen LogP contribution < -0.4 is 11.0 Å². The second-order valence-electron chi connectivity index (χ2n) is 7.30. The molecule has 4 aromatic rings. The normalized spacial score (nSPS) is 14.7. The SMILES string of the molecule is O=C1NC(n2[nH]c(=O)n(-c3cc(Cl)ccc3Cl)c2=S)=NC1(c1ccccc1)c1ccccc1. The van der Waals surface area contributed by atoms with Crippen LogP contribution in [0.25, 0.3) is 5.69 Å². The average Bonchev–Trinajstić information content (AvgIpc) is 3.33. The minimum Gasteiger partial charge on any atom is -0.292 e. The summed E-state index contributed by atoms with van der Waals surface area (Å²) in [6.07, 6.45) is 0. The first-order valence-electron chi connectivity index (χ1n) is 9.84. The van der Waals surface area contributed by atoms with Gasteiger partial charge in [-0.3, -0.25) is 10.1 Å². The third-order valence-corrected chi connectivity index (χ3v) is 6.28. The molecule has 164 valence electrons. The maximum atomic E-state index is 13.4. The third kappa shape index (κ3) is 3.43. The molecule has 33 heavy (non-hydrogen) atoms. The number of nitrogens with zero attached hydrogens (tertiary/aromatic N) is 3. The second kappa shape index (κ2) is 8.15. The van der Waals surface area contributed by atoms with E-state index in [1.807, 2.05) is 60.7 Å². The highest BCUT2D eigenvalue weighted by Gasteiger charge is 2.47. The Morgan fingerprint density at radius 2 is 1.48 bits per heavy atom. The van der Waals surface area contributed by atoms with Crippen LogP contribution in [-0.4, -0.2) is 26.2 Å². The van der Waals surface area contributed by atoms with Gasteiger partial charge in [0, 0.05) is 5.02 Å². The molecule has 1 aliphatic rings. The van der Waals surface area contributed by atoms with Gasteiger partial charge in [-0.2, -0.15) is 4.68 Å². The van der Waals surface area contributed by atoms with E-state index in [-0.39, 0.29) is 16.6 Å². The number of carbonyl (C=O) groups excluding carboxylic acids is 1. The molecule has 2 N–H and O–H groups in total. The Morgan fingerprint density at radius 1 is 0.879 bits per heavy atom. The Balaban J connectivity index is 1.72. The lowest BCUT2D eigenvalue weighted by Gasteiger charge is -2.24. The third-order valence-electron chi connectivity index (χ3n) is 5.36. The lowest BCUT2D eigenvalue weighted by molar-refractivity contribution is -0.122. The number of aromatic amines is 1. The number of hydrogen-bond donors (Lipinski definition) is 2. The molecule has 5 rings (SSSR count). The summed E-state index contributed by atoms with van der Waals surface area (Å²) in [5, 5.41) is 6.10. The van der Waals surface area contributed by atoms with Crippen molar-refractivity contribution in [3.05, 3.63) is 115 Å². The van der Waals surface area contributed by atoms with Gasteiger partial charge in [0.05, 0.1) is 10.7 Å². The molecule has 0 saturated carbocycles. The number of rotatable bonds is 3. The number of aromatic nitrogens is 3. The maximum Gasteiger partial charge on any atom is 0.347 e. The Morgan fingerprint density at radius 3 is 2.09 bits per heavy atom. The molecule has 3 aromatic carbocycles. The van der Waals surface area contributed by atoms with Crippen molar-refractivity contribution in [3.8, 4) is 5.69 Å². The molecular formula is C23H15Cl2N5O2S. The second-order valence-corrected chi connectivity index (χ2v) is 8.51. The highest BCUT2D eigenvalue weighted by atomic mass is 35.5. The molecule has 10 heteroatoms. The number of aliphatic imine (C=N–C) groups is 1. The molecule has 0 fully saturated rings. The molecule has 2 heterocycles. The smallest absolute Gasteiger partial charge is 0.292 e. The van der Waals surface area contributed by atoms with E-state index in [1.165, 1.54) is 15.3 Å². The van der Waals surface area contributed by atoms with E-state index in [2.05, 4.69) is 10.4 Å². The van der Waals surface area contributed by atoms with E-state index >= 15 is 0 Å². The van der Waals surface area contributed by atoms with Gasteiger partial charge in [0.1, 0.15) is 0 Å². The molecule has 0 spiro atoms. The summed E-state index contributed by atoms with van der Waals surface area (Å²) in [6.45, 7) is 0. The van der Waals surface area contributed by atoms with Gasteiger partial charge in [-0.25, -0.2) is 19.5 Å². The zero-order valence-corrected chi connectivity index (χ0v) is 19.2. The van der Waals surface area contributed by atoms with Crippen LogP contribution in [0.1, 0.15) is 11.1 Å². The van der Waals surface area contributed by atoms with Crippen molar-refractivity contribution in [1.82, 2.24) is 19.7 Å². The van der Waals surface area contributed by atoms with E-state index in [0.29, 0.717) is 26.9 Å².